The lowest BCUT2D eigenvalue weighted by Gasteiger charge is -2.21. The monoisotopic (exact) mass is 384 g/mol. The summed E-state index contributed by atoms with van der Waals surface area (Å²) in [6, 6.07) is 0. The molecule has 6 atom stereocenters. The van der Waals surface area contributed by atoms with Gasteiger partial charge in [-0.25, -0.2) is 14.4 Å². The first kappa shape index (κ1) is 18.4. The molecule has 0 aliphatic carbocycles. The van der Waals surface area contributed by atoms with Crippen molar-refractivity contribution in [3.05, 3.63) is 12.2 Å². The quantitative estimate of drug-likeness (QED) is 0.352. The fourth-order valence-electron chi connectivity index (χ4n) is 3.42. The topological polar surface area (TPSA) is 116 Å². The molecule has 4 fully saturated rings. The number of rotatable bonds is 5. The summed E-state index contributed by atoms with van der Waals surface area (Å²) in [7, 11) is 0. The summed E-state index contributed by atoms with van der Waals surface area (Å²) >= 11 is 0. The molecule has 6 unspecified atom stereocenters. The molecule has 0 N–H and O–H groups in total. The van der Waals surface area contributed by atoms with Crippen LogP contribution in [0.4, 0.5) is 0 Å². The zero-order valence-electron chi connectivity index (χ0n) is 14.9. The average molecular weight is 384 g/mol. The van der Waals surface area contributed by atoms with E-state index < -0.39 is 60.5 Å². The van der Waals surface area contributed by atoms with Crippen LogP contribution in [0.3, 0.4) is 0 Å². The average Bonchev–Trinajstić information content (AvgIpc) is 3.29. The fourth-order valence-corrected chi connectivity index (χ4v) is 3.42. The van der Waals surface area contributed by atoms with Gasteiger partial charge < -0.3 is 33.2 Å². The lowest BCUT2D eigenvalue weighted by Crippen LogP contribution is -2.38. The number of fused-ring (bicyclic) bond motifs is 3. The van der Waals surface area contributed by atoms with Crippen molar-refractivity contribution in [1.29, 1.82) is 0 Å². The van der Waals surface area contributed by atoms with Crippen molar-refractivity contribution in [1.82, 2.24) is 0 Å². The summed E-state index contributed by atoms with van der Waals surface area (Å²) < 4.78 is 37.5. The van der Waals surface area contributed by atoms with Crippen LogP contribution in [0.5, 0.6) is 0 Å². The normalized spacial score (nSPS) is 38.9. The molecule has 0 aromatic carbocycles. The fraction of sp³-hybridized carbons (Fsp3) is 0.706. The number of carbonyl (C=O) groups is 3. The van der Waals surface area contributed by atoms with E-state index >= 15 is 0 Å². The maximum atomic E-state index is 12.2. The van der Waals surface area contributed by atoms with Crippen molar-refractivity contribution >= 4 is 17.9 Å². The number of esters is 3. The van der Waals surface area contributed by atoms with Crippen LogP contribution in [0.2, 0.25) is 0 Å². The minimum Gasteiger partial charge on any atom is -0.464 e. The molecule has 4 aliphatic rings. The van der Waals surface area contributed by atoms with Crippen molar-refractivity contribution in [2.24, 2.45) is 0 Å². The van der Waals surface area contributed by atoms with E-state index in [1.54, 1.807) is 13.8 Å². The molecular weight excluding hydrogens is 364 g/mol. The number of hydrogen-bond donors (Lipinski definition) is 0. The van der Waals surface area contributed by atoms with E-state index in [0.29, 0.717) is 6.42 Å². The number of cyclic esters (lactones) is 1. The molecule has 4 rings (SSSR count). The van der Waals surface area contributed by atoms with Gasteiger partial charge in [-0.3, -0.25) is 0 Å². The number of ether oxygens (including phenoxy) is 7. The van der Waals surface area contributed by atoms with Gasteiger partial charge in [-0.1, -0.05) is 6.58 Å². The Morgan fingerprint density at radius 2 is 1.96 bits per heavy atom. The van der Waals surface area contributed by atoms with E-state index in [2.05, 4.69) is 6.58 Å². The molecular formula is C17H20O10. The third-order valence-electron chi connectivity index (χ3n) is 4.68. The Balaban J connectivity index is 1.33. The van der Waals surface area contributed by atoms with Gasteiger partial charge >= 0.3 is 17.9 Å². The summed E-state index contributed by atoms with van der Waals surface area (Å²) in [4.78, 5) is 35.7. The largest absolute Gasteiger partial charge is 0.464 e. The van der Waals surface area contributed by atoms with Crippen LogP contribution in [0.1, 0.15) is 20.3 Å². The highest BCUT2D eigenvalue weighted by Crippen LogP contribution is 2.43. The Labute approximate surface area is 154 Å². The first-order valence-electron chi connectivity index (χ1n) is 8.64. The first-order valence-corrected chi connectivity index (χ1v) is 8.64. The van der Waals surface area contributed by atoms with E-state index in [0.717, 1.165) is 0 Å². The van der Waals surface area contributed by atoms with Gasteiger partial charge in [-0.2, -0.15) is 0 Å². The Bertz CT molecular complexity index is 685. The zero-order valence-corrected chi connectivity index (χ0v) is 14.9. The second-order valence-electron chi connectivity index (χ2n) is 7.16. The molecule has 0 aromatic rings. The van der Waals surface area contributed by atoms with Gasteiger partial charge in [0, 0.05) is 6.42 Å². The van der Waals surface area contributed by atoms with Crippen LogP contribution in [0.15, 0.2) is 12.2 Å². The van der Waals surface area contributed by atoms with Crippen LogP contribution >= 0.6 is 0 Å². The Hall–Kier alpha value is -2.01. The van der Waals surface area contributed by atoms with Crippen molar-refractivity contribution in [2.75, 3.05) is 13.2 Å². The molecule has 0 saturated carbocycles. The molecule has 27 heavy (non-hydrogen) atoms. The minimum atomic E-state index is -1.25. The van der Waals surface area contributed by atoms with Crippen molar-refractivity contribution in [3.8, 4) is 0 Å². The molecule has 0 aromatic heterocycles. The SMILES string of the molecule is C=C(COC1CCOC1=O)C(=O)OC1C(=O)OC2C3OC(C)(C)OC3OC12. The van der Waals surface area contributed by atoms with E-state index in [-0.39, 0.29) is 18.8 Å². The summed E-state index contributed by atoms with van der Waals surface area (Å²) in [6.07, 6.45) is -4.41. The highest BCUT2D eigenvalue weighted by molar-refractivity contribution is 5.91. The standard InChI is InChI=1S/C17H20O10/c1-7(6-22-8-4-5-21-14(8)19)13(18)24-11-9-10(23-15(11)20)12-16(25-9)27-17(2,3)26-12/h8-12,16H,1,4-6H2,2-3H3. The van der Waals surface area contributed by atoms with E-state index in [1.807, 2.05) is 0 Å². The van der Waals surface area contributed by atoms with Crippen molar-refractivity contribution in [2.45, 2.75) is 62.9 Å². The molecule has 4 aliphatic heterocycles. The molecule has 10 nitrogen and oxygen atoms in total. The molecule has 148 valence electrons. The highest BCUT2D eigenvalue weighted by Gasteiger charge is 2.64. The Morgan fingerprint density at radius 3 is 2.67 bits per heavy atom. The molecule has 4 saturated heterocycles. The zero-order chi connectivity index (χ0) is 19.3. The van der Waals surface area contributed by atoms with Gasteiger partial charge in [-0.05, 0) is 13.8 Å². The lowest BCUT2D eigenvalue weighted by atomic mass is 10.1. The Morgan fingerprint density at radius 1 is 1.19 bits per heavy atom. The predicted octanol–water partition coefficient (Wildman–Crippen LogP) is -0.412. The van der Waals surface area contributed by atoms with E-state index in [4.69, 9.17) is 33.2 Å². The van der Waals surface area contributed by atoms with Crippen LogP contribution in [-0.2, 0) is 47.5 Å². The summed E-state index contributed by atoms with van der Waals surface area (Å²) in [6.45, 7) is 7.08. The van der Waals surface area contributed by atoms with Crippen LogP contribution in [0.25, 0.3) is 0 Å². The lowest BCUT2D eigenvalue weighted by molar-refractivity contribution is -0.216. The van der Waals surface area contributed by atoms with E-state index in [1.165, 1.54) is 0 Å². The first-order chi connectivity index (χ1) is 12.7. The van der Waals surface area contributed by atoms with Crippen LogP contribution in [-0.4, -0.2) is 73.7 Å². The Kier molecular flexibility index (Phi) is 4.46. The predicted molar refractivity (Wildman–Crippen MR) is 82.9 cm³/mol. The molecule has 0 radical (unpaired) electrons. The molecule has 0 spiro atoms. The van der Waals surface area contributed by atoms with E-state index in [9.17, 15) is 14.4 Å². The van der Waals surface area contributed by atoms with Gasteiger partial charge in [0.15, 0.2) is 30.4 Å². The molecule has 0 bridgehead atoms. The van der Waals surface area contributed by atoms with Gasteiger partial charge in [0.2, 0.25) is 6.10 Å². The van der Waals surface area contributed by atoms with Crippen LogP contribution < -0.4 is 0 Å². The second-order valence-corrected chi connectivity index (χ2v) is 7.16. The molecule has 10 heteroatoms. The maximum absolute atomic E-state index is 12.2. The van der Waals surface area contributed by atoms with Gasteiger partial charge in [-0.15, -0.1) is 0 Å². The van der Waals surface area contributed by atoms with Crippen molar-refractivity contribution < 1.29 is 47.5 Å². The van der Waals surface area contributed by atoms with Crippen molar-refractivity contribution in [3.63, 3.8) is 0 Å². The number of hydrogen-bond acceptors (Lipinski definition) is 10. The van der Waals surface area contributed by atoms with Gasteiger partial charge in [0.25, 0.3) is 0 Å². The molecule has 4 heterocycles. The summed E-state index contributed by atoms with van der Waals surface area (Å²) in [5.41, 5.74) is -0.0437. The van der Waals surface area contributed by atoms with Gasteiger partial charge in [0.05, 0.1) is 18.8 Å². The smallest absolute Gasteiger partial charge is 0.350 e. The maximum Gasteiger partial charge on any atom is 0.350 e. The molecule has 0 amide bonds. The minimum absolute atomic E-state index is 0.0437. The van der Waals surface area contributed by atoms with Crippen LogP contribution in [0, 0.1) is 0 Å². The number of carbonyl (C=O) groups excluding carboxylic acids is 3. The third-order valence-corrected chi connectivity index (χ3v) is 4.68. The third kappa shape index (κ3) is 3.33. The summed E-state index contributed by atoms with van der Waals surface area (Å²) in [5.74, 6) is -2.90. The van der Waals surface area contributed by atoms with Gasteiger partial charge in [0.1, 0.15) is 6.10 Å². The highest BCUT2D eigenvalue weighted by atomic mass is 16.9. The summed E-state index contributed by atoms with van der Waals surface area (Å²) in [5, 5.41) is 0. The second kappa shape index (κ2) is 6.55.